The topological polar surface area (TPSA) is 26.0 Å². The Morgan fingerprint density at radius 1 is 1.25 bits per heavy atom. The van der Waals surface area contributed by atoms with Gasteiger partial charge in [0.2, 0.25) is 0 Å². The van der Waals surface area contributed by atoms with Crippen LogP contribution in [0.5, 0.6) is 0 Å². The summed E-state index contributed by atoms with van der Waals surface area (Å²) in [5.41, 5.74) is 6.37. The zero-order valence-electron chi connectivity index (χ0n) is 8.49. The van der Waals surface area contributed by atoms with Crippen molar-refractivity contribution in [2.24, 2.45) is 5.73 Å². The number of benzene rings is 1. The van der Waals surface area contributed by atoms with Gasteiger partial charge in [-0.3, -0.25) is 0 Å². The summed E-state index contributed by atoms with van der Waals surface area (Å²) in [4.78, 5) is 1.00. The van der Waals surface area contributed by atoms with E-state index in [9.17, 15) is 8.78 Å². The lowest BCUT2D eigenvalue weighted by Crippen LogP contribution is -2.12. The molecule has 0 bridgehead atoms. The standard InChI is InChI=1S/C12H11F2NS/c13-9-4-3-8(10(14)7-9)6-11(15)12-2-1-5-16-12/h1-5,7,11H,6,15H2. The fraction of sp³-hybridized carbons (Fsp3) is 0.167. The molecule has 0 aliphatic heterocycles. The highest BCUT2D eigenvalue weighted by Crippen LogP contribution is 2.22. The molecule has 0 saturated heterocycles. The minimum atomic E-state index is -0.564. The summed E-state index contributed by atoms with van der Waals surface area (Å²) < 4.78 is 26.0. The van der Waals surface area contributed by atoms with Crippen molar-refractivity contribution in [1.29, 1.82) is 0 Å². The monoisotopic (exact) mass is 239 g/mol. The highest BCUT2D eigenvalue weighted by molar-refractivity contribution is 7.10. The van der Waals surface area contributed by atoms with Crippen LogP contribution in [0, 0.1) is 11.6 Å². The van der Waals surface area contributed by atoms with Crippen LogP contribution in [0.25, 0.3) is 0 Å². The summed E-state index contributed by atoms with van der Waals surface area (Å²) in [6, 6.07) is 7.16. The molecule has 16 heavy (non-hydrogen) atoms. The molecule has 1 nitrogen and oxygen atoms in total. The molecule has 0 radical (unpaired) electrons. The van der Waals surface area contributed by atoms with E-state index in [4.69, 9.17) is 5.73 Å². The summed E-state index contributed by atoms with van der Waals surface area (Å²) in [5.74, 6) is -1.10. The van der Waals surface area contributed by atoms with Gasteiger partial charge < -0.3 is 5.73 Å². The Morgan fingerprint density at radius 3 is 2.69 bits per heavy atom. The molecule has 1 unspecified atom stereocenters. The van der Waals surface area contributed by atoms with E-state index in [0.29, 0.717) is 12.0 Å². The molecule has 1 aromatic heterocycles. The van der Waals surface area contributed by atoms with E-state index in [1.54, 1.807) is 0 Å². The molecule has 0 spiro atoms. The predicted molar refractivity (Wildman–Crippen MR) is 61.3 cm³/mol. The molecule has 1 atom stereocenters. The van der Waals surface area contributed by atoms with Crippen LogP contribution in [0.2, 0.25) is 0 Å². The summed E-state index contributed by atoms with van der Waals surface area (Å²) in [5, 5.41) is 1.93. The third kappa shape index (κ3) is 2.46. The first-order valence-electron chi connectivity index (χ1n) is 4.89. The predicted octanol–water partition coefficient (Wildman–Crippen LogP) is 3.27. The first-order valence-corrected chi connectivity index (χ1v) is 5.77. The van der Waals surface area contributed by atoms with Gasteiger partial charge in [0.25, 0.3) is 0 Å². The minimum Gasteiger partial charge on any atom is -0.323 e. The second kappa shape index (κ2) is 4.72. The van der Waals surface area contributed by atoms with E-state index in [1.807, 2.05) is 17.5 Å². The fourth-order valence-electron chi connectivity index (χ4n) is 1.53. The van der Waals surface area contributed by atoms with Gasteiger partial charge in [-0.15, -0.1) is 11.3 Å². The maximum atomic E-state index is 13.4. The van der Waals surface area contributed by atoms with Crippen LogP contribution in [0.1, 0.15) is 16.5 Å². The van der Waals surface area contributed by atoms with Crippen LogP contribution in [0.4, 0.5) is 8.78 Å². The van der Waals surface area contributed by atoms with E-state index >= 15 is 0 Å². The van der Waals surface area contributed by atoms with Crippen molar-refractivity contribution in [3.63, 3.8) is 0 Å². The Labute approximate surface area is 96.5 Å². The molecule has 2 aromatic rings. The molecule has 0 saturated carbocycles. The Bertz CT molecular complexity index is 468. The number of rotatable bonds is 3. The molecule has 0 aliphatic carbocycles. The molecular formula is C12H11F2NS. The lowest BCUT2D eigenvalue weighted by molar-refractivity contribution is 0.564. The van der Waals surface area contributed by atoms with Gasteiger partial charge in [-0.1, -0.05) is 12.1 Å². The van der Waals surface area contributed by atoms with Gasteiger partial charge in [-0.25, -0.2) is 8.78 Å². The van der Waals surface area contributed by atoms with E-state index in [1.165, 1.54) is 23.5 Å². The van der Waals surface area contributed by atoms with Crippen LogP contribution in [-0.2, 0) is 6.42 Å². The third-order valence-electron chi connectivity index (χ3n) is 2.36. The molecular weight excluding hydrogens is 228 g/mol. The molecule has 0 fully saturated rings. The Morgan fingerprint density at radius 2 is 2.06 bits per heavy atom. The Balaban J connectivity index is 2.15. The minimum absolute atomic E-state index is 0.236. The maximum Gasteiger partial charge on any atom is 0.129 e. The van der Waals surface area contributed by atoms with Gasteiger partial charge in [-0.05, 0) is 29.5 Å². The largest absolute Gasteiger partial charge is 0.323 e. The first kappa shape index (κ1) is 11.2. The van der Waals surface area contributed by atoms with Crippen molar-refractivity contribution < 1.29 is 8.78 Å². The van der Waals surface area contributed by atoms with Crippen molar-refractivity contribution in [2.45, 2.75) is 12.5 Å². The smallest absolute Gasteiger partial charge is 0.129 e. The second-order valence-corrected chi connectivity index (χ2v) is 4.54. The highest BCUT2D eigenvalue weighted by atomic mass is 32.1. The lowest BCUT2D eigenvalue weighted by atomic mass is 10.0. The SMILES string of the molecule is NC(Cc1ccc(F)cc1F)c1cccs1. The van der Waals surface area contributed by atoms with E-state index < -0.39 is 11.6 Å². The number of hydrogen-bond donors (Lipinski definition) is 1. The quantitative estimate of drug-likeness (QED) is 0.874. The lowest BCUT2D eigenvalue weighted by Gasteiger charge is -2.10. The number of halogens is 2. The summed E-state index contributed by atoms with van der Waals surface area (Å²) >= 11 is 1.54. The van der Waals surface area contributed by atoms with Crippen LogP contribution in [-0.4, -0.2) is 0 Å². The Hall–Kier alpha value is -1.26. The molecule has 0 aliphatic rings. The van der Waals surface area contributed by atoms with Crippen LogP contribution in [0.3, 0.4) is 0 Å². The Kier molecular flexibility index (Phi) is 3.31. The van der Waals surface area contributed by atoms with E-state index in [-0.39, 0.29) is 6.04 Å². The zero-order chi connectivity index (χ0) is 11.5. The summed E-state index contributed by atoms with van der Waals surface area (Å²) in [7, 11) is 0. The number of hydrogen-bond acceptors (Lipinski definition) is 2. The molecule has 1 aromatic carbocycles. The van der Waals surface area contributed by atoms with Gasteiger partial charge >= 0.3 is 0 Å². The summed E-state index contributed by atoms with van der Waals surface area (Å²) in [6.45, 7) is 0. The van der Waals surface area contributed by atoms with Gasteiger partial charge in [-0.2, -0.15) is 0 Å². The van der Waals surface area contributed by atoms with Gasteiger partial charge in [0.1, 0.15) is 11.6 Å². The highest BCUT2D eigenvalue weighted by Gasteiger charge is 2.11. The maximum absolute atomic E-state index is 13.4. The van der Waals surface area contributed by atoms with Crippen molar-refractivity contribution in [1.82, 2.24) is 0 Å². The van der Waals surface area contributed by atoms with Gasteiger partial charge in [0, 0.05) is 17.0 Å². The second-order valence-electron chi connectivity index (χ2n) is 3.56. The van der Waals surface area contributed by atoms with E-state index in [2.05, 4.69) is 0 Å². The number of thiophene rings is 1. The van der Waals surface area contributed by atoms with Crippen molar-refractivity contribution in [2.75, 3.05) is 0 Å². The fourth-order valence-corrected chi connectivity index (χ4v) is 2.26. The molecule has 84 valence electrons. The first-order chi connectivity index (χ1) is 7.66. The summed E-state index contributed by atoms with van der Waals surface area (Å²) in [6.07, 6.45) is 0.382. The normalized spacial score (nSPS) is 12.7. The third-order valence-corrected chi connectivity index (χ3v) is 3.37. The van der Waals surface area contributed by atoms with Crippen LogP contribution in [0.15, 0.2) is 35.7 Å². The van der Waals surface area contributed by atoms with Gasteiger partial charge in [0.05, 0.1) is 0 Å². The molecule has 1 heterocycles. The molecule has 0 amide bonds. The molecule has 2 N–H and O–H groups in total. The van der Waals surface area contributed by atoms with Crippen LogP contribution >= 0.6 is 11.3 Å². The van der Waals surface area contributed by atoms with Crippen molar-refractivity contribution in [3.8, 4) is 0 Å². The number of nitrogens with two attached hydrogens (primary N) is 1. The van der Waals surface area contributed by atoms with Crippen LogP contribution < -0.4 is 5.73 Å². The zero-order valence-corrected chi connectivity index (χ0v) is 9.31. The van der Waals surface area contributed by atoms with E-state index in [0.717, 1.165) is 10.9 Å². The van der Waals surface area contributed by atoms with Crippen molar-refractivity contribution >= 4 is 11.3 Å². The van der Waals surface area contributed by atoms with Crippen molar-refractivity contribution in [3.05, 3.63) is 57.8 Å². The van der Waals surface area contributed by atoms with Gasteiger partial charge in [0.15, 0.2) is 0 Å². The molecule has 2 rings (SSSR count). The average Bonchev–Trinajstić information content (AvgIpc) is 2.75. The average molecular weight is 239 g/mol. The molecule has 4 heteroatoms.